The lowest BCUT2D eigenvalue weighted by atomic mass is 10.0. The second kappa shape index (κ2) is 6.00. The van der Waals surface area contributed by atoms with Gasteiger partial charge in [0.2, 0.25) is 0 Å². The minimum Gasteiger partial charge on any atom is -0.294 e. The number of alkyl halides is 5. The van der Waals surface area contributed by atoms with Crippen LogP contribution in [-0.2, 0) is 11.5 Å². The Labute approximate surface area is 114 Å². The normalized spacial score (nSPS) is 11.6. The molecule has 1 rings (SSSR count). The molecule has 0 saturated carbocycles. The van der Waals surface area contributed by atoms with Crippen molar-refractivity contribution >= 4 is 37.6 Å². The Morgan fingerprint density at radius 1 is 1.24 bits per heavy atom. The third-order valence-electron chi connectivity index (χ3n) is 2.20. The number of carbonyl (C=O) groups excluding carboxylic acids is 1. The molecule has 6 heteroatoms. The predicted molar refractivity (Wildman–Crippen MR) is 66.8 cm³/mol. The monoisotopic (exact) mass is 372 g/mol. The van der Waals surface area contributed by atoms with Crippen LogP contribution in [0.5, 0.6) is 0 Å². The Morgan fingerprint density at radius 3 is 2.35 bits per heavy atom. The third-order valence-corrected chi connectivity index (χ3v) is 3.20. The summed E-state index contributed by atoms with van der Waals surface area (Å²) in [6.45, 7) is 0. The van der Waals surface area contributed by atoms with Gasteiger partial charge in [0.15, 0.2) is 5.78 Å². The van der Waals surface area contributed by atoms with Gasteiger partial charge in [-0.15, -0.1) is 0 Å². The SMILES string of the molecule is O=C(CCBr)c1ccc(C(F)(F)F)c(CBr)c1. The summed E-state index contributed by atoms with van der Waals surface area (Å²) in [5.74, 6) is -0.169. The van der Waals surface area contributed by atoms with E-state index < -0.39 is 11.7 Å². The second-order valence-electron chi connectivity index (χ2n) is 3.37. The maximum absolute atomic E-state index is 12.6. The fraction of sp³-hybridized carbons (Fsp3) is 0.364. The first-order valence-electron chi connectivity index (χ1n) is 4.75. The van der Waals surface area contributed by atoms with Crippen LogP contribution in [-0.4, -0.2) is 11.1 Å². The van der Waals surface area contributed by atoms with E-state index in [1.54, 1.807) is 0 Å². The number of carbonyl (C=O) groups is 1. The summed E-state index contributed by atoms with van der Waals surface area (Å²) in [7, 11) is 0. The van der Waals surface area contributed by atoms with Crippen molar-refractivity contribution in [3.8, 4) is 0 Å². The van der Waals surface area contributed by atoms with Gasteiger partial charge in [-0.2, -0.15) is 13.2 Å². The Hall–Kier alpha value is -0.360. The molecule has 0 aliphatic heterocycles. The molecule has 0 N–H and O–H groups in total. The van der Waals surface area contributed by atoms with Gasteiger partial charge in [0.05, 0.1) is 5.56 Å². The fourth-order valence-corrected chi connectivity index (χ4v) is 2.21. The number of rotatable bonds is 4. The molecule has 0 fully saturated rings. The minimum absolute atomic E-state index is 0.0667. The lowest BCUT2D eigenvalue weighted by molar-refractivity contribution is -0.138. The first-order valence-corrected chi connectivity index (χ1v) is 6.99. The van der Waals surface area contributed by atoms with Crippen molar-refractivity contribution in [2.45, 2.75) is 17.9 Å². The molecule has 1 aromatic carbocycles. The Morgan fingerprint density at radius 2 is 1.88 bits per heavy atom. The smallest absolute Gasteiger partial charge is 0.294 e. The zero-order chi connectivity index (χ0) is 13.1. The zero-order valence-corrected chi connectivity index (χ0v) is 11.8. The van der Waals surface area contributed by atoms with Gasteiger partial charge in [-0.1, -0.05) is 37.9 Å². The molecule has 0 aliphatic carbocycles. The summed E-state index contributed by atoms with van der Waals surface area (Å²) in [4.78, 5) is 11.5. The molecule has 0 radical (unpaired) electrons. The molecule has 94 valence electrons. The number of hydrogen-bond acceptors (Lipinski definition) is 1. The lowest BCUT2D eigenvalue weighted by Gasteiger charge is -2.12. The number of halogens is 5. The van der Waals surface area contributed by atoms with Crippen molar-refractivity contribution in [3.05, 3.63) is 34.9 Å². The molecule has 1 nitrogen and oxygen atoms in total. The van der Waals surface area contributed by atoms with E-state index in [0.29, 0.717) is 10.9 Å². The molecule has 0 saturated heterocycles. The molecular weight excluding hydrogens is 365 g/mol. The number of ketones is 1. The van der Waals surface area contributed by atoms with Gasteiger partial charge < -0.3 is 0 Å². The highest BCUT2D eigenvalue weighted by molar-refractivity contribution is 9.09. The van der Waals surface area contributed by atoms with Gasteiger partial charge >= 0.3 is 6.18 Å². The van der Waals surface area contributed by atoms with E-state index in [1.807, 2.05) is 0 Å². The lowest BCUT2D eigenvalue weighted by Crippen LogP contribution is -2.10. The first-order chi connectivity index (χ1) is 7.90. The summed E-state index contributed by atoms with van der Waals surface area (Å²) in [5.41, 5.74) is -0.311. The highest BCUT2D eigenvalue weighted by Crippen LogP contribution is 2.33. The molecule has 0 heterocycles. The minimum atomic E-state index is -4.39. The molecule has 0 aliphatic rings. The first kappa shape index (κ1) is 14.7. The maximum atomic E-state index is 12.6. The molecule has 17 heavy (non-hydrogen) atoms. The van der Waals surface area contributed by atoms with Gasteiger partial charge in [-0.05, 0) is 17.7 Å². The summed E-state index contributed by atoms with van der Waals surface area (Å²) in [6.07, 6.45) is -4.12. The average Bonchev–Trinajstić information content (AvgIpc) is 2.27. The van der Waals surface area contributed by atoms with E-state index in [2.05, 4.69) is 31.9 Å². The molecule has 1 aromatic rings. The van der Waals surface area contributed by atoms with Crippen molar-refractivity contribution in [2.24, 2.45) is 0 Å². The number of hydrogen-bond donors (Lipinski definition) is 0. The van der Waals surface area contributed by atoms with E-state index >= 15 is 0 Å². The Kier molecular flexibility index (Phi) is 5.19. The fourth-order valence-electron chi connectivity index (χ4n) is 1.38. The van der Waals surface area contributed by atoms with Crippen molar-refractivity contribution in [1.82, 2.24) is 0 Å². The van der Waals surface area contributed by atoms with Crippen LogP contribution < -0.4 is 0 Å². The van der Waals surface area contributed by atoms with Crippen molar-refractivity contribution in [2.75, 3.05) is 5.33 Å². The van der Waals surface area contributed by atoms with Crippen LogP contribution in [0.25, 0.3) is 0 Å². The summed E-state index contributed by atoms with van der Waals surface area (Å²) in [5, 5.41) is 0.563. The number of Topliss-reactive ketones (excluding diaryl/α,β-unsaturated/α-hetero) is 1. The van der Waals surface area contributed by atoms with Crippen LogP contribution >= 0.6 is 31.9 Å². The highest BCUT2D eigenvalue weighted by Gasteiger charge is 2.33. The molecule has 0 aromatic heterocycles. The quantitative estimate of drug-likeness (QED) is 0.558. The van der Waals surface area contributed by atoms with Gasteiger partial charge in [0.25, 0.3) is 0 Å². The second-order valence-corrected chi connectivity index (χ2v) is 4.72. The molecule has 0 atom stereocenters. The summed E-state index contributed by atoms with van der Waals surface area (Å²) >= 11 is 6.12. The summed E-state index contributed by atoms with van der Waals surface area (Å²) < 4.78 is 37.8. The third kappa shape index (κ3) is 3.81. The van der Waals surface area contributed by atoms with Gasteiger partial charge in [0, 0.05) is 22.6 Å². The van der Waals surface area contributed by atoms with Crippen LogP contribution in [0.1, 0.15) is 27.9 Å². The Bertz CT molecular complexity index is 416. The number of benzene rings is 1. The summed E-state index contributed by atoms with van der Waals surface area (Å²) in [6, 6.07) is 3.47. The van der Waals surface area contributed by atoms with E-state index in [-0.39, 0.29) is 23.1 Å². The average molecular weight is 374 g/mol. The molecule has 0 amide bonds. The highest BCUT2D eigenvalue weighted by atomic mass is 79.9. The van der Waals surface area contributed by atoms with Crippen LogP contribution in [0.15, 0.2) is 18.2 Å². The van der Waals surface area contributed by atoms with Crippen LogP contribution in [0.3, 0.4) is 0 Å². The van der Waals surface area contributed by atoms with E-state index in [4.69, 9.17) is 0 Å². The Balaban J connectivity index is 3.13. The zero-order valence-electron chi connectivity index (χ0n) is 8.65. The molecule has 0 bridgehead atoms. The van der Waals surface area contributed by atoms with E-state index in [0.717, 1.165) is 6.07 Å². The van der Waals surface area contributed by atoms with Crippen molar-refractivity contribution in [3.63, 3.8) is 0 Å². The van der Waals surface area contributed by atoms with Crippen molar-refractivity contribution < 1.29 is 18.0 Å². The van der Waals surface area contributed by atoms with E-state index in [9.17, 15) is 18.0 Å². The molecular formula is C11H9Br2F3O. The standard InChI is InChI=1S/C11H9Br2F3O/c12-4-3-10(17)7-1-2-9(11(14,15)16)8(5-7)6-13/h1-2,5H,3-4,6H2. The molecule has 0 spiro atoms. The maximum Gasteiger partial charge on any atom is 0.416 e. The largest absolute Gasteiger partial charge is 0.416 e. The molecule has 0 unspecified atom stereocenters. The van der Waals surface area contributed by atoms with Gasteiger partial charge in [0.1, 0.15) is 0 Å². The van der Waals surface area contributed by atoms with Crippen LogP contribution in [0, 0.1) is 0 Å². The van der Waals surface area contributed by atoms with Gasteiger partial charge in [-0.25, -0.2) is 0 Å². The van der Waals surface area contributed by atoms with Crippen LogP contribution in [0.2, 0.25) is 0 Å². The van der Waals surface area contributed by atoms with Gasteiger partial charge in [-0.3, -0.25) is 4.79 Å². The predicted octanol–water partition coefficient (Wildman–Crippen LogP) is 4.57. The van der Waals surface area contributed by atoms with E-state index in [1.165, 1.54) is 12.1 Å². The van der Waals surface area contributed by atoms with Crippen LogP contribution in [0.4, 0.5) is 13.2 Å². The van der Waals surface area contributed by atoms with Crippen molar-refractivity contribution in [1.29, 1.82) is 0 Å². The topological polar surface area (TPSA) is 17.1 Å².